The van der Waals surface area contributed by atoms with Gasteiger partial charge in [0.25, 0.3) is 0 Å². The highest BCUT2D eigenvalue weighted by atomic mass is 32.2. The SMILES string of the molecule is CCC(C)C(NCCCSC)C(=O)OC. The number of carbonyl (C=O) groups is 1. The van der Waals surface area contributed by atoms with Gasteiger partial charge >= 0.3 is 5.97 Å². The van der Waals surface area contributed by atoms with Crippen LogP contribution in [0, 0.1) is 5.92 Å². The number of hydrogen-bond donors (Lipinski definition) is 1. The van der Waals surface area contributed by atoms with Crippen molar-refractivity contribution in [1.29, 1.82) is 0 Å². The first-order chi connectivity index (χ1) is 7.17. The number of carbonyl (C=O) groups excluding carboxylic acids is 1. The van der Waals surface area contributed by atoms with E-state index in [1.165, 1.54) is 7.11 Å². The van der Waals surface area contributed by atoms with Crippen LogP contribution in [0.3, 0.4) is 0 Å². The maximum Gasteiger partial charge on any atom is 0.323 e. The Balaban J connectivity index is 3.96. The molecule has 0 saturated carbocycles. The molecular weight excluding hydrogens is 210 g/mol. The fraction of sp³-hybridized carbons (Fsp3) is 0.909. The second-order valence-electron chi connectivity index (χ2n) is 3.69. The van der Waals surface area contributed by atoms with Crippen molar-refractivity contribution in [2.45, 2.75) is 32.7 Å². The molecule has 0 aromatic carbocycles. The van der Waals surface area contributed by atoms with Crippen LogP contribution in [-0.4, -0.2) is 37.7 Å². The van der Waals surface area contributed by atoms with Crippen molar-refractivity contribution < 1.29 is 9.53 Å². The third-order valence-electron chi connectivity index (χ3n) is 2.56. The molecule has 0 rings (SSSR count). The molecule has 0 bridgehead atoms. The van der Waals surface area contributed by atoms with Crippen LogP contribution < -0.4 is 5.32 Å². The second-order valence-corrected chi connectivity index (χ2v) is 4.67. The van der Waals surface area contributed by atoms with Crippen LogP contribution in [0.2, 0.25) is 0 Å². The molecule has 2 atom stereocenters. The molecule has 0 aliphatic rings. The van der Waals surface area contributed by atoms with Crippen molar-refractivity contribution in [3.63, 3.8) is 0 Å². The van der Waals surface area contributed by atoms with E-state index < -0.39 is 0 Å². The smallest absolute Gasteiger partial charge is 0.323 e. The van der Waals surface area contributed by atoms with Gasteiger partial charge in [-0.1, -0.05) is 20.3 Å². The van der Waals surface area contributed by atoms with Gasteiger partial charge in [0, 0.05) is 0 Å². The molecule has 1 N–H and O–H groups in total. The average molecular weight is 233 g/mol. The monoisotopic (exact) mass is 233 g/mol. The topological polar surface area (TPSA) is 38.3 Å². The zero-order chi connectivity index (χ0) is 11.7. The van der Waals surface area contributed by atoms with E-state index >= 15 is 0 Å². The molecule has 0 heterocycles. The van der Waals surface area contributed by atoms with E-state index in [2.05, 4.69) is 25.4 Å². The van der Waals surface area contributed by atoms with Crippen LogP contribution in [0.4, 0.5) is 0 Å². The molecule has 3 nitrogen and oxygen atoms in total. The predicted molar refractivity (Wildman–Crippen MR) is 66.3 cm³/mol. The maximum atomic E-state index is 11.5. The van der Waals surface area contributed by atoms with E-state index in [0.29, 0.717) is 5.92 Å². The Kier molecular flexibility index (Phi) is 8.91. The van der Waals surface area contributed by atoms with Gasteiger partial charge in [0.2, 0.25) is 0 Å². The summed E-state index contributed by atoms with van der Waals surface area (Å²) in [6.45, 7) is 5.04. The van der Waals surface area contributed by atoms with Crippen molar-refractivity contribution in [1.82, 2.24) is 5.32 Å². The van der Waals surface area contributed by atoms with Gasteiger partial charge in [-0.15, -0.1) is 0 Å². The standard InChI is InChI=1S/C11H23NO2S/c1-5-9(2)10(11(13)14-3)12-7-6-8-15-4/h9-10,12H,5-8H2,1-4H3. The fourth-order valence-electron chi connectivity index (χ4n) is 1.35. The van der Waals surface area contributed by atoms with Crippen LogP contribution in [0.1, 0.15) is 26.7 Å². The minimum atomic E-state index is -0.151. The molecule has 2 unspecified atom stereocenters. The third kappa shape index (κ3) is 6.05. The zero-order valence-electron chi connectivity index (χ0n) is 10.2. The van der Waals surface area contributed by atoms with E-state index in [9.17, 15) is 4.79 Å². The first-order valence-electron chi connectivity index (χ1n) is 5.47. The Labute approximate surface area is 97.3 Å². The number of rotatable bonds is 8. The predicted octanol–water partition coefficient (Wildman–Crippen LogP) is 1.92. The van der Waals surface area contributed by atoms with Gasteiger partial charge in [0.05, 0.1) is 7.11 Å². The number of methoxy groups -OCH3 is 1. The molecule has 0 spiro atoms. The first-order valence-corrected chi connectivity index (χ1v) is 6.86. The molecule has 15 heavy (non-hydrogen) atoms. The van der Waals surface area contributed by atoms with E-state index in [-0.39, 0.29) is 12.0 Å². The number of esters is 1. The van der Waals surface area contributed by atoms with Crippen LogP contribution in [0.5, 0.6) is 0 Å². The highest BCUT2D eigenvalue weighted by molar-refractivity contribution is 7.98. The van der Waals surface area contributed by atoms with Crippen molar-refractivity contribution in [2.24, 2.45) is 5.92 Å². The van der Waals surface area contributed by atoms with Gasteiger partial charge in [0.15, 0.2) is 0 Å². The number of nitrogens with one attached hydrogen (secondary N) is 1. The molecule has 0 saturated heterocycles. The van der Waals surface area contributed by atoms with Crippen molar-refractivity contribution in [3.8, 4) is 0 Å². The molecular formula is C11H23NO2S. The summed E-state index contributed by atoms with van der Waals surface area (Å²) in [4.78, 5) is 11.5. The summed E-state index contributed by atoms with van der Waals surface area (Å²) < 4.78 is 4.79. The number of thioether (sulfide) groups is 1. The van der Waals surface area contributed by atoms with Gasteiger partial charge in [-0.05, 0) is 30.9 Å². The lowest BCUT2D eigenvalue weighted by atomic mass is 9.99. The van der Waals surface area contributed by atoms with Crippen molar-refractivity contribution in [3.05, 3.63) is 0 Å². The highest BCUT2D eigenvalue weighted by Gasteiger charge is 2.23. The third-order valence-corrected chi connectivity index (χ3v) is 3.25. The van der Waals surface area contributed by atoms with Crippen LogP contribution in [0.15, 0.2) is 0 Å². The van der Waals surface area contributed by atoms with Crippen LogP contribution in [0.25, 0.3) is 0 Å². The van der Waals surface area contributed by atoms with E-state index in [4.69, 9.17) is 4.74 Å². The Morgan fingerprint density at radius 1 is 1.53 bits per heavy atom. The summed E-state index contributed by atoms with van der Waals surface area (Å²) >= 11 is 1.83. The molecule has 0 amide bonds. The average Bonchev–Trinajstić information content (AvgIpc) is 2.27. The van der Waals surface area contributed by atoms with Crippen LogP contribution in [-0.2, 0) is 9.53 Å². The lowest BCUT2D eigenvalue weighted by Crippen LogP contribution is -2.43. The quantitative estimate of drug-likeness (QED) is 0.513. The maximum absolute atomic E-state index is 11.5. The summed E-state index contributed by atoms with van der Waals surface area (Å²) in [5.41, 5.74) is 0. The number of ether oxygens (including phenoxy) is 1. The Morgan fingerprint density at radius 3 is 2.67 bits per heavy atom. The summed E-state index contributed by atoms with van der Waals surface area (Å²) in [6, 6.07) is -0.151. The molecule has 4 heteroatoms. The molecule has 90 valence electrons. The zero-order valence-corrected chi connectivity index (χ0v) is 11.0. The van der Waals surface area contributed by atoms with E-state index in [0.717, 1.165) is 25.1 Å². The van der Waals surface area contributed by atoms with Gasteiger partial charge in [-0.3, -0.25) is 4.79 Å². The largest absolute Gasteiger partial charge is 0.468 e. The molecule has 0 aliphatic carbocycles. The molecule has 0 radical (unpaired) electrons. The van der Waals surface area contributed by atoms with Gasteiger partial charge < -0.3 is 10.1 Å². The summed E-state index contributed by atoms with van der Waals surface area (Å²) in [5, 5.41) is 3.27. The minimum absolute atomic E-state index is 0.145. The number of hydrogen-bond acceptors (Lipinski definition) is 4. The normalized spacial score (nSPS) is 14.7. The van der Waals surface area contributed by atoms with Crippen molar-refractivity contribution >= 4 is 17.7 Å². The summed E-state index contributed by atoms with van der Waals surface area (Å²) in [6.07, 6.45) is 4.16. The Morgan fingerprint density at radius 2 is 2.20 bits per heavy atom. The molecule has 0 aliphatic heterocycles. The Hall–Kier alpha value is -0.220. The molecule has 0 aromatic rings. The minimum Gasteiger partial charge on any atom is -0.468 e. The Bertz CT molecular complexity index is 176. The molecule has 0 fully saturated rings. The fourth-order valence-corrected chi connectivity index (χ4v) is 1.79. The van der Waals surface area contributed by atoms with E-state index in [1.54, 1.807) is 0 Å². The van der Waals surface area contributed by atoms with Crippen molar-refractivity contribution in [2.75, 3.05) is 25.7 Å². The summed E-state index contributed by atoms with van der Waals surface area (Å²) in [7, 11) is 1.45. The lowest BCUT2D eigenvalue weighted by Gasteiger charge is -2.21. The van der Waals surface area contributed by atoms with E-state index in [1.807, 2.05) is 11.8 Å². The van der Waals surface area contributed by atoms with Gasteiger partial charge in [0.1, 0.15) is 6.04 Å². The van der Waals surface area contributed by atoms with Gasteiger partial charge in [-0.25, -0.2) is 0 Å². The summed E-state index contributed by atoms with van der Waals surface area (Å²) in [5.74, 6) is 1.31. The van der Waals surface area contributed by atoms with Crippen LogP contribution >= 0.6 is 11.8 Å². The molecule has 0 aromatic heterocycles. The highest BCUT2D eigenvalue weighted by Crippen LogP contribution is 2.09. The first kappa shape index (κ1) is 14.8. The second kappa shape index (κ2) is 9.04. The lowest BCUT2D eigenvalue weighted by molar-refractivity contribution is -0.144. The van der Waals surface area contributed by atoms with Gasteiger partial charge in [-0.2, -0.15) is 11.8 Å².